The molecule has 0 atom stereocenters. The molecule has 0 bridgehead atoms. The number of alkyl halides is 3. The van der Waals surface area contributed by atoms with Crippen molar-refractivity contribution in [3.8, 4) is 0 Å². The third-order valence-corrected chi connectivity index (χ3v) is 3.60. The predicted molar refractivity (Wildman–Crippen MR) is 77.3 cm³/mol. The highest BCUT2D eigenvalue weighted by molar-refractivity contribution is 5.54. The first kappa shape index (κ1) is 14.6. The molecule has 3 nitrogen and oxygen atoms in total. The van der Waals surface area contributed by atoms with Crippen LogP contribution in [-0.2, 0) is 19.1 Å². The van der Waals surface area contributed by atoms with Gasteiger partial charge < -0.3 is 10.1 Å². The van der Waals surface area contributed by atoms with E-state index in [1.807, 2.05) is 22.7 Å². The van der Waals surface area contributed by atoms with Gasteiger partial charge in [0.1, 0.15) is 5.82 Å². The Morgan fingerprint density at radius 3 is 2.45 bits per heavy atom. The summed E-state index contributed by atoms with van der Waals surface area (Å²) < 4.78 is 39.6. The number of nitrogens with two attached hydrogens (primary N) is 1. The maximum absolute atomic E-state index is 12.6. The van der Waals surface area contributed by atoms with E-state index < -0.39 is 11.7 Å². The zero-order valence-electron chi connectivity index (χ0n) is 11.6. The lowest BCUT2D eigenvalue weighted by atomic mass is 10.1. The van der Waals surface area contributed by atoms with Gasteiger partial charge in [-0.2, -0.15) is 13.2 Å². The molecule has 0 radical (unpaired) electrons. The van der Waals surface area contributed by atoms with E-state index in [0.717, 1.165) is 34.6 Å². The van der Waals surface area contributed by atoms with Crippen LogP contribution in [0.2, 0.25) is 0 Å². The summed E-state index contributed by atoms with van der Waals surface area (Å²) in [4.78, 5) is 4.36. The van der Waals surface area contributed by atoms with Gasteiger partial charge >= 0.3 is 6.18 Å². The van der Waals surface area contributed by atoms with Gasteiger partial charge in [0, 0.05) is 19.2 Å². The van der Waals surface area contributed by atoms with E-state index in [4.69, 9.17) is 5.73 Å². The molecule has 0 unspecified atom stereocenters. The van der Waals surface area contributed by atoms with Gasteiger partial charge in [0.15, 0.2) is 0 Å². The van der Waals surface area contributed by atoms with E-state index in [-0.39, 0.29) is 0 Å². The first-order chi connectivity index (χ1) is 10.5. The smallest absolute Gasteiger partial charge is 0.326 e. The van der Waals surface area contributed by atoms with Gasteiger partial charge in [0.05, 0.1) is 17.3 Å². The van der Waals surface area contributed by atoms with Gasteiger partial charge in [0.25, 0.3) is 0 Å². The summed E-state index contributed by atoms with van der Waals surface area (Å²) in [5, 5.41) is 0. The molecule has 0 aliphatic heterocycles. The molecule has 2 N–H and O–H groups in total. The number of benzene rings is 1. The van der Waals surface area contributed by atoms with Gasteiger partial charge in [-0.1, -0.05) is 18.2 Å². The summed E-state index contributed by atoms with van der Waals surface area (Å²) >= 11 is 0. The fourth-order valence-electron chi connectivity index (χ4n) is 2.43. The van der Waals surface area contributed by atoms with Crippen LogP contribution in [0.4, 0.5) is 13.2 Å². The number of rotatable bonds is 3. The number of hydrogen-bond acceptors (Lipinski definition) is 2. The van der Waals surface area contributed by atoms with Crippen LogP contribution in [0, 0.1) is 0 Å². The van der Waals surface area contributed by atoms with Crippen LogP contribution in [-0.4, -0.2) is 9.38 Å². The first-order valence-electron chi connectivity index (χ1n) is 6.79. The van der Waals surface area contributed by atoms with Crippen LogP contribution in [0.25, 0.3) is 5.52 Å². The Hall–Kier alpha value is -2.34. The zero-order chi connectivity index (χ0) is 15.7. The van der Waals surface area contributed by atoms with E-state index in [1.165, 1.54) is 12.1 Å². The highest BCUT2D eigenvalue weighted by Gasteiger charge is 2.29. The Labute approximate surface area is 125 Å². The standard InChI is InChI=1S/C16H14F3N3/c17-16(18,19)13-5-3-11(4-6-13)8-15-21-10-14-12(9-20)2-1-7-22(14)15/h1-7,10H,8-9,20H2. The predicted octanol–water partition coefficient (Wildman–Crippen LogP) is 3.40. The Morgan fingerprint density at radius 1 is 1.09 bits per heavy atom. The molecule has 1 aromatic carbocycles. The second kappa shape index (κ2) is 5.46. The molecule has 0 amide bonds. The number of pyridine rings is 1. The SMILES string of the molecule is NCc1cccn2c(Cc3ccc(C(F)(F)F)cc3)ncc12. The number of aromatic nitrogens is 2. The Balaban J connectivity index is 1.90. The molecule has 114 valence electrons. The van der Waals surface area contributed by atoms with Crippen LogP contribution in [0.1, 0.15) is 22.5 Å². The van der Waals surface area contributed by atoms with Crippen molar-refractivity contribution in [2.45, 2.75) is 19.1 Å². The van der Waals surface area contributed by atoms with Crippen molar-refractivity contribution in [1.29, 1.82) is 0 Å². The van der Waals surface area contributed by atoms with Gasteiger partial charge in [-0.3, -0.25) is 0 Å². The molecule has 3 rings (SSSR count). The van der Waals surface area contributed by atoms with Crippen LogP contribution < -0.4 is 5.73 Å². The Kier molecular flexibility index (Phi) is 3.62. The van der Waals surface area contributed by atoms with Crippen LogP contribution in [0.5, 0.6) is 0 Å². The van der Waals surface area contributed by atoms with E-state index in [0.29, 0.717) is 13.0 Å². The van der Waals surface area contributed by atoms with E-state index in [2.05, 4.69) is 4.98 Å². The molecule has 0 saturated carbocycles. The molecular formula is C16H14F3N3. The van der Waals surface area contributed by atoms with Crippen molar-refractivity contribution < 1.29 is 13.2 Å². The lowest BCUT2D eigenvalue weighted by Crippen LogP contribution is -2.05. The fourth-order valence-corrected chi connectivity index (χ4v) is 2.43. The molecule has 0 aliphatic carbocycles. The van der Waals surface area contributed by atoms with Gasteiger partial charge in [-0.05, 0) is 29.3 Å². The van der Waals surface area contributed by atoms with Crippen molar-refractivity contribution in [3.05, 3.63) is 71.3 Å². The van der Waals surface area contributed by atoms with Crippen molar-refractivity contribution in [1.82, 2.24) is 9.38 Å². The van der Waals surface area contributed by atoms with Gasteiger partial charge in [0.2, 0.25) is 0 Å². The third kappa shape index (κ3) is 2.69. The molecule has 0 fully saturated rings. The Bertz CT molecular complexity index is 788. The first-order valence-corrected chi connectivity index (χ1v) is 6.79. The maximum atomic E-state index is 12.6. The minimum Gasteiger partial charge on any atom is -0.326 e. The molecular weight excluding hydrogens is 291 g/mol. The number of nitrogens with zero attached hydrogens (tertiary/aromatic N) is 2. The number of fused-ring (bicyclic) bond motifs is 1. The minimum atomic E-state index is -4.31. The summed E-state index contributed by atoms with van der Waals surface area (Å²) in [6, 6.07) is 8.96. The van der Waals surface area contributed by atoms with Gasteiger partial charge in [-0.25, -0.2) is 4.98 Å². The van der Waals surface area contributed by atoms with Crippen molar-refractivity contribution >= 4 is 5.52 Å². The lowest BCUT2D eigenvalue weighted by Gasteiger charge is -2.08. The number of hydrogen-bond donors (Lipinski definition) is 1. The number of imidazole rings is 1. The third-order valence-electron chi connectivity index (χ3n) is 3.60. The normalized spacial score (nSPS) is 12.0. The van der Waals surface area contributed by atoms with E-state index in [1.54, 1.807) is 6.20 Å². The summed E-state index contributed by atoms with van der Waals surface area (Å²) in [6.45, 7) is 0.412. The van der Waals surface area contributed by atoms with Crippen molar-refractivity contribution in [2.75, 3.05) is 0 Å². The van der Waals surface area contributed by atoms with Crippen LogP contribution in [0.15, 0.2) is 48.8 Å². The number of halogens is 3. The van der Waals surface area contributed by atoms with E-state index >= 15 is 0 Å². The zero-order valence-corrected chi connectivity index (χ0v) is 11.6. The topological polar surface area (TPSA) is 43.3 Å². The monoisotopic (exact) mass is 305 g/mol. The quantitative estimate of drug-likeness (QED) is 0.806. The second-order valence-electron chi connectivity index (χ2n) is 5.04. The molecule has 0 aliphatic rings. The molecule has 6 heteroatoms. The van der Waals surface area contributed by atoms with Gasteiger partial charge in [-0.15, -0.1) is 0 Å². The summed E-state index contributed by atoms with van der Waals surface area (Å²) in [7, 11) is 0. The molecule has 3 aromatic rings. The van der Waals surface area contributed by atoms with Crippen molar-refractivity contribution in [2.24, 2.45) is 5.73 Å². The second-order valence-corrected chi connectivity index (χ2v) is 5.04. The summed E-state index contributed by atoms with van der Waals surface area (Å²) in [6.07, 6.45) is -0.239. The average molecular weight is 305 g/mol. The van der Waals surface area contributed by atoms with Crippen LogP contribution in [0.3, 0.4) is 0 Å². The fraction of sp³-hybridized carbons (Fsp3) is 0.188. The minimum absolute atomic E-state index is 0.412. The molecule has 0 saturated heterocycles. The molecule has 22 heavy (non-hydrogen) atoms. The van der Waals surface area contributed by atoms with Crippen molar-refractivity contribution in [3.63, 3.8) is 0 Å². The Morgan fingerprint density at radius 2 is 1.82 bits per heavy atom. The summed E-state index contributed by atoms with van der Waals surface area (Å²) in [5.74, 6) is 0.769. The van der Waals surface area contributed by atoms with Crippen LogP contribution >= 0.6 is 0 Å². The molecule has 0 spiro atoms. The highest BCUT2D eigenvalue weighted by atomic mass is 19.4. The average Bonchev–Trinajstić information content (AvgIpc) is 2.90. The lowest BCUT2D eigenvalue weighted by molar-refractivity contribution is -0.137. The molecule has 2 aromatic heterocycles. The maximum Gasteiger partial charge on any atom is 0.416 e. The largest absolute Gasteiger partial charge is 0.416 e. The highest BCUT2D eigenvalue weighted by Crippen LogP contribution is 2.29. The molecule has 2 heterocycles. The summed E-state index contributed by atoms with van der Waals surface area (Å²) in [5.41, 5.74) is 7.72. The van der Waals surface area contributed by atoms with E-state index in [9.17, 15) is 13.2 Å².